The van der Waals surface area contributed by atoms with E-state index in [1.165, 1.54) is 0 Å². The van der Waals surface area contributed by atoms with Crippen LogP contribution in [0, 0.1) is 5.82 Å². The summed E-state index contributed by atoms with van der Waals surface area (Å²) in [6.45, 7) is 5.64. The molecule has 5 aromatic rings. The number of carbonyl (C=O) groups excluding carboxylic acids is 1. The van der Waals surface area contributed by atoms with E-state index >= 15 is 8.78 Å². The highest BCUT2D eigenvalue weighted by atomic mass is 19.1. The Kier molecular flexibility index (Phi) is 10.5. The molecule has 2 aromatic heterocycles. The predicted molar refractivity (Wildman–Crippen MR) is 224 cm³/mol. The number of halogens is 2. The molecule has 0 spiro atoms. The van der Waals surface area contributed by atoms with Crippen LogP contribution in [0.3, 0.4) is 0 Å². The van der Waals surface area contributed by atoms with Crippen LogP contribution in [0.4, 0.5) is 26.0 Å². The number of piperidine rings is 3. The second kappa shape index (κ2) is 16.0. The second-order valence-electron chi connectivity index (χ2n) is 16.4. The molecule has 6 heterocycles. The number of anilines is 3. The first-order chi connectivity index (χ1) is 28.2. The van der Waals surface area contributed by atoms with Crippen LogP contribution in [0.2, 0.25) is 0 Å². The molecule has 0 aliphatic carbocycles. The lowest BCUT2D eigenvalue weighted by atomic mass is 9.89. The first kappa shape index (κ1) is 38.0. The molecule has 1 amide bonds. The number of fused-ring (bicyclic) bond motifs is 1. The molecule has 0 saturated carbocycles. The first-order valence-electron chi connectivity index (χ1n) is 20.6. The number of carbonyl (C=O) groups is 1. The fraction of sp³-hybridized carbons (Fsp3) is 0.400. The molecule has 3 aromatic carbocycles. The van der Waals surface area contributed by atoms with Gasteiger partial charge in [-0.15, -0.1) is 10.2 Å². The van der Waals surface area contributed by atoms with E-state index in [0.29, 0.717) is 67.5 Å². The predicted octanol–water partition coefficient (Wildman–Crippen LogP) is 7.07. The number of nitrogen functional groups attached to an aromatic ring is 1. The minimum Gasteiger partial charge on any atom is -0.507 e. The molecule has 3 fully saturated rings. The third kappa shape index (κ3) is 7.72. The number of alkyl halides is 1. The number of aromatic nitrogens is 3. The van der Waals surface area contributed by atoms with Gasteiger partial charge in [0.25, 0.3) is 5.91 Å². The Hall–Kier alpha value is -5.53. The number of hydrogen-bond donors (Lipinski definition) is 3. The van der Waals surface area contributed by atoms with Gasteiger partial charge in [-0.2, -0.15) is 0 Å². The number of para-hydroxylation sites is 1. The minimum atomic E-state index is -1.34. The summed E-state index contributed by atoms with van der Waals surface area (Å²) in [7, 11) is 0. The molecule has 13 heteroatoms. The Morgan fingerprint density at radius 3 is 2.48 bits per heavy atom. The summed E-state index contributed by atoms with van der Waals surface area (Å²) in [5.41, 5.74) is 10.2. The van der Waals surface area contributed by atoms with Gasteiger partial charge < -0.3 is 35.0 Å². The van der Waals surface area contributed by atoms with Crippen molar-refractivity contribution in [3.63, 3.8) is 0 Å². The molecule has 3 saturated heterocycles. The second-order valence-corrected chi connectivity index (χ2v) is 16.4. The first-order valence-corrected chi connectivity index (χ1v) is 20.6. The number of rotatable bonds is 8. The Balaban J connectivity index is 0.769. The average Bonchev–Trinajstić information content (AvgIpc) is 3.67. The van der Waals surface area contributed by atoms with Crippen molar-refractivity contribution in [2.45, 2.75) is 56.2 Å². The van der Waals surface area contributed by atoms with Crippen LogP contribution in [0.15, 0.2) is 91.3 Å². The van der Waals surface area contributed by atoms with Gasteiger partial charge in [-0.3, -0.25) is 10.1 Å². The van der Waals surface area contributed by atoms with E-state index < -0.39 is 5.67 Å². The van der Waals surface area contributed by atoms with E-state index in [-0.39, 0.29) is 29.4 Å². The topological polar surface area (TPSA) is 119 Å². The minimum absolute atomic E-state index is 0.0569. The largest absolute Gasteiger partial charge is 0.507 e. The monoisotopic (exact) mass is 787 g/mol. The van der Waals surface area contributed by atoms with E-state index in [0.717, 1.165) is 80.6 Å². The van der Waals surface area contributed by atoms with E-state index in [4.69, 9.17) is 5.73 Å². The van der Waals surface area contributed by atoms with Gasteiger partial charge in [0, 0.05) is 112 Å². The fourth-order valence-corrected chi connectivity index (χ4v) is 9.41. The zero-order chi connectivity index (χ0) is 39.8. The molecule has 9 rings (SSSR count). The van der Waals surface area contributed by atoms with Crippen LogP contribution in [0.1, 0.15) is 66.4 Å². The van der Waals surface area contributed by atoms with E-state index in [9.17, 15) is 9.90 Å². The quantitative estimate of drug-likeness (QED) is 0.152. The molecule has 4 N–H and O–H groups in total. The van der Waals surface area contributed by atoms with E-state index in [1.54, 1.807) is 23.1 Å². The lowest BCUT2D eigenvalue weighted by molar-refractivity contribution is 0.0158. The van der Waals surface area contributed by atoms with Crippen LogP contribution in [0.5, 0.6) is 5.75 Å². The van der Waals surface area contributed by atoms with Gasteiger partial charge in [0.2, 0.25) is 0 Å². The highest BCUT2D eigenvalue weighted by molar-refractivity contribution is 5.94. The molecular formula is C45H51F2N9O2. The number of likely N-dealkylation sites (tertiary alicyclic amines) is 2. The van der Waals surface area contributed by atoms with Crippen LogP contribution in [-0.2, 0) is 0 Å². The Morgan fingerprint density at radius 2 is 1.72 bits per heavy atom. The number of phenolic OH excluding ortho intramolecular Hbond substituents is 1. The summed E-state index contributed by atoms with van der Waals surface area (Å²) in [5.74, 6) is 0.437. The molecule has 4 aliphatic heterocycles. The molecule has 11 nitrogen and oxygen atoms in total. The molecular weight excluding hydrogens is 737 g/mol. The van der Waals surface area contributed by atoms with Gasteiger partial charge in [0.15, 0.2) is 5.82 Å². The van der Waals surface area contributed by atoms with Gasteiger partial charge >= 0.3 is 0 Å². The Morgan fingerprint density at radius 1 is 0.931 bits per heavy atom. The normalized spacial score (nSPS) is 20.5. The van der Waals surface area contributed by atoms with Crippen LogP contribution in [-0.4, -0.2) is 100 Å². The maximum Gasteiger partial charge on any atom is 0.253 e. The summed E-state index contributed by atoms with van der Waals surface area (Å²) in [4.78, 5) is 21.7. The number of aromatic hydroxyl groups is 1. The average molecular weight is 788 g/mol. The standard InChI is InChI=1S/C45H51F2N9O2/c46-37-26-39-33(25-40(37)55-19-4-17-49-30-55)12-22-56(39)35-13-20-52(21-14-35)29-45(47)15-23-53(24-16-45)44(58)32-10-8-31(9-11-32)34-5-3-18-54(28-34)41-27-38(50-51-43(41)48)36-6-1-2-7-42(36)57/h1-2,4,6-12,19,22,25-27,34-35,49,57H,3,5,13-18,20-21,23-24,28-30H2,(H2,48,51). The zero-order valence-corrected chi connectivity index (χ0v) is 32.7. The van der Waals surface area contributed by atoms with E-state index in [1.807, 2.05) is 65.7 Å². The van der Waals surface area contributed by atoms with Crippen molar-refractivity contribution in [2.24, 2.45) is 0 Å². The summed E-state index contributed by atoms with van der Waals surface area (Å²) in [6.07, 6.45) is 10.3. The highest BCUT2D eigenvalue weighted by Crippen LogP contribution is 2.37. The SMILES string of the molecule is Nc1nnc(-c2ccccc2O)cc1N1CCCC(c2ccc(C(=O)N3CCC(F)(CN4CCC(n5ccc6cc(N7C=CCNC7)c(F)cc65)CC4)CC3)cc2)C1. The van der Waals surface area contributed by atoms with Crippen LogP contribution >= 0.6 is 0 Å². The summed E-state index contributed by atoms with van der Waals surface area (Å²) < 4.78 is 33.8. The van der Waals surface area contributed by atoms with Crippen molar-refractivity contribution < 1.29 is 18.7 Å². The Bertz CT molecular complexity index is 2300. The van der Waals surface area contributed by atoms with Gasteiger partial charge in [-0.05, 0) is 73.7 Å². The van der Waals surface area contributed by atoms with Crippen molar-refractivity contribution in [1.82, 2.24) is 29.9 Å². The zero-order valence-electron chi connectivity index (χ0n) is 32.7. The number of amides is 1. The molecule has 302 valence electrons. The maximum absolute atomic E-state index is 16.3. The van der Waals surface area contributed by atoms with Crippen LogP contribution in [0.25, 0.3) is 22.2 Å². The summed E-state index contributed by atoms with van der Waals surface area (Å²) >= 11 is 0. The van der Waals surface area contributed by atoms with Crippen LogP contribution < -0.4 is 20.9 Å². The van der Waals surface area contributed by atoms with Crippen molar-refractivity contribution in [2.75, 3.05) is 74.6 Å². The van der Waals surface area contributed by atoms with Crippen molar-refractivity contribution in [3.05, 3.63) is 108 Å². The summed E-state index contributed by atoms with van der Waals surface area (Å²) in [5, 5.41) is 23.1. The van der Waals surface area contributed by atoms with Gasteiger partial charge in [-0.25, -0.2) is 8.78 Å². The number of nitrogens with one attached hydrogen (secondary N) is 1. The summed E-state index contributed by atoms with van der Waals surface area (Å²) in [6, 6.07) is 22.7. The van der Waals surface area contributed by atoms with Crippen molar-refractivity contribution >= 4 is 34.0 Å². The van der Waals surface area contributed by atoms with Crippen molar-refractivity contribution in [3.8, 4) is 17.0 Å². The smallest absolute Gasteiger partial charge is 0.253 e. The number of hydrogen-bond acceptors (Lipinski definition) is 9. The van der Waals surface area contributed by atoms with Gasteiger partial charge in [-0.1, -0.05) is 30.3 Å². The van der Waals surface area contributed by atoms with E-state index in [2.05, 4.69) is 42.1 Å². The molecule has 0 bridgehead atoms. The third-order valence-electron chi connectivity index (χ3n) is 12.7. The fourth-order valence-electron chi connectivity index (χ4n) is 9.41. The molecule has 1 atom stereocenters. The molecule has 1 unspecified atom stereocenters. The number of nitrogens with zero attached hydrogens (tertiary/aromatic N) is 7. The third-order valence-corrected chi connectivity index (χ3v) is 12.7. The molecule has 4 aliphatic rings. The number of nitrogens with two attached hydrogens (primary N) is 1. The molecule has 58 heavy (non-hydrogen) atoms. The number of phenols is 1. The highest BCUT2D eigenvalue weighted by Gasteiger charge is 2.39. The lowest BCUT2D eigenvalue weighted by Crippen LogP contribution is -2.51. The maximum atomic E-state index is 16.3. The molecule has 0 radical (unpaired) electrons. The Labute approximate surface area is 337 Å². The van der Waals surface area contributed by atoms with Gasteiger partial charge in [0.1, 0.15) is 17.2 Å². The van der Waals surface area contributed by atoms with Gasteiger partial charge in [0.05, 0.1) is 29.3 Å². The van der Waals surface area contributed by atoms with Crippen molar-refractivity contribution in [1.29, 1.82) is 0 Å². The lowest BCUT2D eigenvalue weighted by Gasteiger charge is -2.41. The number of benzene rings is 3.